The number of nitrogens with one attached hydrogen (secondary N) is 1. The van der Waals surface area contributed by atoms with Crippen LogP contribution in [0, 0.1) is 48.5 Å². The molecule has 0 amide bonds. The zero-order valence-electron chi connectivity index (χ0n) is 21.9. The molecule has 0 radical (unpaired) electrons. The van der Waals surface area contributed by atoms with Gasteiger partial charge in [-0.2, -0.15) is 5.10 Å². The van der Waals surface area contributed by atoms with E-state index in [2.05, 4.69) is 9.82 Å². The van der Waals surface area contributed by atoms with Gasteiger partial charge in [-0.1, -0.05) is 30.3 Å². The molecule has 0 fully saturated rings. The average Bonchev–Trinajstić information content (AvgIpc) is 3.09. The molecule has 0 spiro atoms. The Labute approximate surface area is 214 Å². The van der Waals surface area contributed by atoms with Crippen LogP contribution >= 0.6 is 0 Å². The predicted octanol–water partition coefficient (Wildman–Crippen LogP) is 6.68. The largest absolute Gasteiger partial charge is 0.457 e. The monoisotopic (exact) mass is 503 g/mol. The van der Waals surface area contributed by atoms with E-state index in [1.165, 1.54) is 0 Å². The molecule has 0 atom stereocenters. The summed E-state index contributed by atoms with van der Waals surface area (Å²) in [5, 5.41) is 4.64. The first-order valence-corrected chi connectivity index (χ1v) is 13.4. The first-order valence-electron chi connectivity index (χ1n) is 11.9. The number of rotatable bonds is 7. The molecule has 0 saturated carbocycles. The fourth-order valence-electron chi connectivity index (χ4n) is 4.56. The fraction of sp³-hybridized carbons (Fsp3) is 0.276. The van der Waals surface area contributed by atoms with Crippen LogP contribution in [0.25, 0.3) is 0 Å². The van der Waals surface area contributed by atoms with E-state index in [4.69, 9.17) is 4.74 Å². The van der Waals surface area contributed by atoms with E-state index in [-0.39, 0.29) is 0 Å². The Morgan fingerprint density at radius 3 is 2.00 bits per heavy atom. The van der Waals surface area contributed by atoms with Gasteiger partial charge in [0.2, 0.25) is 0 Å². The summed E-state index contributed by atoms with van der Waals surface area (Å²) in [6, 6.07) is 17.4. The van der Waals surface area contributed by atoms with E-state index in [9.17, 15) is 8.42 Å². The van der Waals surface area contributed by atoms with Crippen molar-refractivity contribution in [2.24, 2.45) is 0 Å². The molecule has 36 heavy (non-hydrogen) atoms. The molecule has 0 aliphatic heterocycles. The minimum Gasteiger partial charge on any atom is -0.457 e. The summed E-state index contributed by atoms with van der Waals surface area (Å²) < 4.78 is 37.8. The molecule has 7 heteroatoms. The highest BCUT2D eigenvalue weighted by Gasteiger charge is 2.26. The van der Waals surface area contributed by atoms with Crippen molar-refractivity contribution >= 4 is 15.7 Å². The lowest BCUT2D eigenvalue weighted by atomic mass is 9.95. The van der Waals surface area contributed by atoms with Gasteiger partial charge in [-0.15, -0.1) is 0 Å². The maximum Gasteiger partial charge on any atom is 0.262 e. The number of hydrogen-bond acceptors (Lipinski definition) is 4. The van der Waals surface area contributed by atoms with Gasteiger partial charge in [0.15, 0.2) is 0 Å². The van der Waals surface area contributed by atoms with Gasteiger partial charge in [-0.3, -0.25) is 9.40 Å². The summed E-state index contributed by atoms with van der Waals surface area (Å²) in [6.45, 7) is 13.9. The molecular weight excluding hydrogens is 470 g/mol. The maximum absolute atomic E-state index is 13.6. The predicted molar refractivity (Wildman–Crippen MR) is 145 cm³/mol. The topological polar surface area (TPSA) is 73.2 Å². The molecule has 1 N–H and O–H groups in total. The van der Waals surface area contributed by atoms with Crippen LogP contribution < -0.4 is 9.46 Å². The van der Waals surface area contributed by atoms with Crippen LogP contribution in [0.1, 0.15) is 44.8 Å². The van der Waals surface area contributed by atoms with Gasteiger partial charge in [0.1, 0.15) is 11.5 Å². The Kier molecular flexibility index (Phi) is 6.96. The molecule has 0 bridgehead atoms. The molecule has 0 aliphatic carbocycles. The second-order valence-corrected chi connectivity index (χ2v) is 10.9. The highest BCUT2D eigenvalue weighted by Crippen LogP contribution is 2.32. The Bertz CT molecular complexity index is 1510. The van der Waals surface area contributed by atoms with Crippen molar-refractivity contribution in [1.29, 1.82) is 0 Å². The zero-order valence-corrected chi connectivity index (χ0v) is 22.7. The van der Waals surface area contributed by atoms with Gasteiger partial charge in [0.25, 0.3) is 10.0 Å². The van der Waals surface area contributed by atoms with Gasteiger partial charge < -0.3 is 4.74 Å². The van der Waals surface area contributed by atoms with Crippen molar-refractivity contribution in [2.75, 3.05) is 4.72 Å². The quantitative estimate of drug-likeness (QED) is 0.305. The molecule has 0 unspecified atom stereocenters. The molecule has 0 aliphatic rings. The van der Waals surface area contributed by atoms with E-state index >= 15 is 0 Å². The second kappa shape index (κ2) is 9.82. The van der Waals surface area contributed by atoms with Crippen LogP contribution in [0.15, 0.2) is 59.5 Å². The fourth-order valence-corrected chi connectivity index (χ4v) is 6.34. The first-order chi connectivity index (χ1) is 17.0. The van der Waals surface area contributed by atoms with E-state index in [0.717, 1.165) is 50.6 Å². The maximum atomic E-state index is 13.6. The molecule has 1 heterocycles. The molecule has 1 aromatic heterocycles. The average molecular weight is 504 g/mol. The summed E-state index contributed by atoms with van der Waals surface area (Å²) in [7, 11) is -3.81. The Morgan fingerprint density at radius 2 is 1.36 bits per heavy atom. The normalized spacial score (nSPS) is 11.5. The lowest BCUT2D eigenvalue weighted by Gasteiger charge is -2.19. The summed E-state index contributed by atoms with van der Waals surface area (Å²) in [5.41, 5.74) is 7.58. The summed E-state index contributed by atoms with van der Waals surface area (Å²) >= 11 is 0. The van der Waals surface area contributed by atoms with Crippen molar-refractivity contribution in [2.45, 2.75) is 59.9 Å². The number of anilines is 1. The first kappa shape index (κ1) is 25.5. The smallest absolute Gasteiger partial charge is 0.262 e. The van der Waals surface area contributed by atoms with Crippen molar-refractivity contribution < 1.29 is 13.2 Å². The van der Waals surface area contributed by atoms with Crippen molar-refractivity contribution in [3.05, 3.63) is 99.4 Å². The Morgan fingerprint density at radius 1 is 0.778 bits per heavy atom. The molecule has 4 aromatic rings. The van der Waals surface area contributed by atoms with E-state index < -0.39 is 10.0 Å². The van der Waals surface area contributed by atoms with Gasteiger partial charge in [-0.25, -0.2) is 8.42 Å². The van der Waals surface area contributed by atoms with Gasteiger partial charge in [0, 0.05) is 0 Å². The van der Waals surface area contributed by atoms with E-state index in [1.54, 1.807) is 0 Å². The second-order valence-electron chi connectivity index (χ2n) is 9.33. The summed E-state index contributed by atoms with van der Waals surface area (Å²) in [5.74, 6) is 1.50. The van der Waals surface area contributed by atoms with Crippen molar-refractivity contribution in [1.82, 2.24) is 9.78 Å². The molecular formula is C29H33N3O3S. The third kappa shape index (κ3) is 4.88. The Balaban J connectivity index is 1.62. The molecule has 188 valence electrons. The standard InChI is InChI=1S/C29H33N3O3S/c1-18-19(2)21(4)29(22(5)20(18)3)36(33,34)31-28-23(6)30-32(24(28)7)17-25-12-11-15-27(16-25)35-26-13-9-8-10-14-26/h8-16,31H,17H2,1-7H3. The third-order valence-corrected chi connectivity index (χ3v) is 8.65. The number of ether oxygens (including phenoxy) is 1. The zero-order chi connectivity index (χ0) is 26.2. The van der Waals surface area contributed by atoms with Crippen LogP contribution in [-0.4, -0.2) is 18.2 Å². The van der Waals surface area contributed by atoms with E-state index in [1.807, 2.05) is 108 Å². The summed E-state index contributed by atoms with van der Waals surface area (Å²) in [4.78, 5) is 0.348. The number of aryl methyl sites for hydroxylation is 1. The number of para-hydroxylation sites is 1. The van der Waals surface area contributed by atoms with Gasteiger partial charge in [-0.05, 0) is 106 Å². The number of benzene rings is 3. The molecule has 6 nitrogen and oxygen atoms in total. The van der Waals surface area contributed by atoms with Crippen LogP contribution in [0.4, 0.5) is 5.69 Å². The van der Waals surface area contributed by atoms with Crippen molar-refractivity contribution in [3.8, 4) is 11.5 Å². The highest BCUT2D eigenvalue weighted by molar-refractivity contribution is 7.92. The number of nitrogens with zero attached hydrogens (tertiary/aromatic N) is 2. The lowest BCUT2D eigenvalue weighted by molar-refractivity contribution is 0.481. The van der Waals surface area contributed by atoms with Crippen LogP contribution in [0.5, 0.6) is 11.5 Å². The molecule has 4 rings (SSSR count). The highest BCUT2D eigenvalue weighted by atomic mass is 32.2. The Hall–Kier alpha value is -3.58. The number of hydrogen-bond donors (Lipinski definition) is 1. The van der Waals surface area contributed by atoms with Crippen LogP contribution in [-0.2, 0) is 16.6 Å². The van der Waals surface area contributed by atoms with Gasteiger partial charge >= 0.3 is 0 Å². The van der Waals surface area contributed by atoms with E-state index in [0.29, 0.717) is 22.8 Å². The van der Waals surface area contributed by atoms with Gasteiger partial charge in [0.05, 0.1) is 28.5 Å². The summed E-state index contributed by atoms with van der Waals surface area (Å²) in [6.07, 6.45) is 0. The number of aromatic nitrogens is 2. The van der Waals surface area contributed by atoms with Crippen LogP contribution in [0.3, 0.4) is 0 Å². The minimum absolute atomic E-state index is 0.348. The molecule has 0 saturated heterocycles. The lowest BCUT2D eigenvalue weighted by Crippen LogP contribution is -2.18. The van der Waals surface area contributed by atoms with Crippen molar-refractivity contribution in [3.63, 3.8) is 0 Å². The van der Waals surface area contributed by atoms with Crippen LogP contribution in [0.2, 0.25) is 0 Å². The third-order valence-electron chi connectivity index (χ3n) is 7.03. The minimum atomic E-state index is -3.81. The number of sulfonamides is 1. The SMILES string of the molecule is Cc1nn(Cc2cccc(Oc3ccccc3)c2)c(C)c1NS(=O)(=O)c1c(C)c(C)c(C)c(C)c1C. The molecule has 3 aromatic carbocycles.